The van der Waals surface area contributed by atoms with Crippen LogP contribution >= 0.6 is 11.3 Å². The molecule has 1 aromatic carbocycles. The van der Waals surface area contributed by atoms with E-state index in [4.69, 9.17) is 9.47 Å². The van der Waals surface area contributed by atoms with E-state index in [0.717, 1.165) is 22.4 Å². The van der Waals surface area contributed by atoms with Crippen LogP contribution in [0.5, 0.6) is 0 Å². The first kappa shape index (κ1) is 27.6. The first-order chi connectivity index (χ1) is 17.3. The summed E-state index contributed by atoms with van der Waals surface area (Å²) in [4.78, 5) is 29.3. The summed E-state index contributed by atoms with van der Waals surface area (Å²) < 4.78 is 36.1. The second-order valence-corrected chi connectivity index (χ2v) is 14.1. The highest BCUT2D eigenvalue weighted by atomic mass is 32.2. The van der Waals surface area contributed by atoms with Crippen LogP contribution in [0.3, 0.4) is 0 Å². The fourth-order valence-corrected chi connectivity index (χ4v) is 7.02. The van der Waals surface area contributed by atoms with Crippen molar-refractivity contribution < 1.29 is 27.5 Å². The van der Waals surface area contributed by atoms with E-state index in [1.54, 1.807) is 36.1 Å². The Morgan fingerprint density at radius 1 is 1.19 bits per heavy atom. The fraction of sp³-hybridized carbons (Fsp3) is 0.556. The lowest BCUT2D eigenvalue weighted by molar-refractivity contribution is -0.129. The third kappa shape index (κ3) is 6.18. The topological polar surface area (TPSA) is 102 Å². The van der Waals surface area contributed by atoms with Gasteiger partial charge in [0.05, 0.1) is 21.6 Å². The van der Waals surface area contributed by atoms with E-state index in [0.29, 0.717) is 37.4 Å². The number of likely N-dealkylation sites (tertiary alicyclic amines) is 1. The summed E-state index contributed by atoms with van der Waals surface area (Å²) in [5.74, 6) is -0.117. The third-order valence-corrected chi connectivity index (χ3v) is 9.83. The van der Waals surface area contributed by atoms with Gasteiger partial charge in [0.2, 0.25) is 0 Å². The van der Waals surface area contributed by atoms with Gasteiger partial charge in [-0.2, -0.15) is 0 Å². The standard InChI is InChI=1S/C27H36N2O6S2/c1-6-37(32,33)21-9-7-19(8-10-21)17-28-24(30)22-16-20-15-18(2)34-27(23(20)36-22)11-13-29(14-12-27)25(31)35-26(3,4)5/h7-10,16,18H,6,11-15,17H2,1-5H3,(H,28,30). The number of benzene rings is 1. The van der Waals surface area contributed by atoms with Gasteiger partial charge in [0.25, 0.3) is 5.91 Å². The van der Waals surface area contributed by atoms with Crippen molar-refractivity contribution in [1.29, 1.82) is 0 Å². The molecule has 1 atom stereocenters. The van der Waals surface area contributed by atoms with Gasteiger partial charge in [0.15, 0.2) is 9.84 Å². The Hall–Kier alpha value is -2.43. The minimum Gasteiger partial charge on any atom is -0.444 e. The molecule has 0 radical (unpaired) electrons. The number of amides is 2. The molecule has 1 N–H and O–H groups in total. The van der Waals surface area contributed by atoms with E-state index < -0.39 is 21.0 Å². The summed E-state index contributed by atoms with van der Waals surface area (Å²) in [6.45, 7) is 10.6. The Morgan fingerprint density at radius 3 is 2.43 bits per heavy atom. The van der Waals surface area contributed by atoms with Crippen LogP contribution in [0.2, 0.25) is 0 Å². The highest BCUT2D eigenvalue weighted by molar-refractivity contribution is 7.91. The number of carbonyl (C=O) groups excluding carboxylic acids is 2. The molecule has 2 aliphatic heterocycles. The van der Waals surface area contributed by atoms with Crippen LogP contribution in [0.15, 0.2) is 35.2 Å². The number of ether oxygens (including phenoxy) is 2. The van der Waals surface area contributed by atoms with E-state index in [2.05, 4.69) is 5.32 Å². The van der Waals surface area contributed by atoms with Crippen molar-refractivity contribution in [2.45, 2.75) is 82.6 Å². The van der Waals surface area contributed by atoms with Gasteiger partial charge in [-0.25, -0.2) is 13.2 Å². The average Bonchev–Trinajstić information content (AvgIpc) is 3.27. The van der Waals surface area contributed by atoms with E-state index in [-0.39, 0.29) is 28.8 Å². The summed E-state index contributed by atoms with van der Waals surface area (Å²) in [5.41, 5.74) is 0.914. The molecule has 10 heteroatoms. The predicted octanol–water partition coefficient (Wildman–Crippen LogP) is 4.66. The van der Waals surface area contributed by atoms with Crippen molar-refractivity contribution in [3.63, 3.8) is 0 Å². The van der Waals surface area contributed by atoms with Gasteiger partial charge in [-0.05, 0) is 76.3 Å². The molecular formula is C27H36N2O6S2. The van der Waals surface area contributed by atoms with E-state index in [1.165, 1.54) is 11.3 Å². The highest BCUT2D eigenvalue weighted by Crippen LogP contribution is 2.47. The second-order valence-electron chi connectivity index (χ2n) is 10.8. The van der Waals surface area contributed by atoms with Crippen LogP contribution in [0.1, 0.15) is 73.1 Å². The Bertz CT molecular complexity index is 1250. The molecule has 202 valence electrons. The minimum absolute atomic E-state index is 0.0176. The number of hydrogen-bond acceptors (Lipinski definition) is 7. The van der Waals surface area contributed by atoms with Crippen molar-refractivity contribution in [1.82, 2.24) is 10.2 Å². The Labute approximate surface area is 223 Å². The van der Waals surface area contributed by atoms with Crippen molar-refractivity contribution in [2.24, 2.45) is 0 Å². The van der Waals surface area contributed by atoms with Crippen LogP contribution in [0.25, 0.3) is 0 Å². The number of piperidine rings is 1. The quantitative estimate of drug-likeness (QED) is 0.583. The molecule has 2 aromatic rings. The summed E-state index contributed by atoms with van der Waals surface area (Å²) in [6.07, 6.45) is 1.75. The van der Waals surface area contributed by atoms with Gasteiger partial charge < -0.3 is 19.7 Å². The number of sulfone groups is 1. The molecule has 1 spiro atoms. The number of thiophene rings is 1. The monoisotopic (exact) mass is 548 g/mol. The molecule has 0 saturated carbocycles. The molecule has 1 fully saturated rings. The van der Waals surface area contributed by atoms with Crippen molar-refractivity contribution in [3.8, 4) is 0 Å². The van der Waals surface area contributed by atoms with Gasteiger partial charge in [-0.15, -0.1) is 11.3 Å². The number of hydrogen-bond donors (Lipinski definition) is 1. The van der Waals surface area contributed by atoms with Gasteiger partial charge in [0, 0.05) is 24.5 Å². The molecule has 1 aromatic heterocycles. The maximum atomic E-state index is 13.0. The summed E-state index contributed by atoms with van der Waals surface area (Å²) in [6, 6.07) is 8.58. The lowest BCUT2D eigenvalue weighted by Gasteiger charge is -2.45. The predicted molar refractivity (Wildman–Crippen MR) is 143 cm³/mol. The van der Waals surface area contributed by atoms with Gasteiger partial charge in [0.1, 0.15) is 11.2 Å². The fourth-order valence-electron chi connectivity index (χ4n) is 4.84. The lowest BCUT2D eigenvalue weighted by Crippen LogP contribution is -2.50. The molecule has 4 rings (SSSR count). The maximum Gasteiger partial charge on any atom is 0.410 e. The van der Waals surface area contributed by atoms with Crippen molar-refractivity contribution in [2.75, 3.05) is 18.8 Å². The number of nitrogens with one attached hydrogen (secondary N) is 1. The molecule has 1 saturated heterocycles. The molecule has 0 bridgehead atoms. The van der Waals surface area contributed by atoms with Crippen LogP contribution < -0.4 is 5.32 Å². The maximum absolute atomic E-state index is 13.0. The van der Waals surface area contributed by atoms with Crippen LogP contribution in [0, 0.1) is 0 Å². The Kier molecular flexibility index (Phi) is 7.74. The zero-order chi connectivity index (χ0) is 27.0. The molecule has 0 aliphatic carbocycles. The van der Waals surface area contributed by atoms with Crippen LogP contribution in [0.4, 0.5) is 4.79 Å². The minimum atomic E-state index is -3.25. The van der Waals surface area contributed by atoms with Crippen molar-refractivity contribution >= 4 is 33.2 Å². The van der Waals surface area contributed by atoms with Gasteiger partial charge >= 0.3 is 6.09 Å². The largest absolute Gasteiger partial charge is 0.444 e. The van der Waals surface area contributed by atoms with E-state index in [9.17, 15) is 18.0 Å². The van der Waals surface area contributed by atoms with Crippen LogP contribution in [-0.2, 0) is 37.9 Å². The Morgan fingerprint density at radius 2 is 1.84 bits per heavy atom. The lowest BCUT2D eigenvalue weighted by atomic mass is 9.84. The molecule has 1 unspecified atom stereocenters. The zero-order valence-electron chi connectivity index (χ0n) is 22.1. The highest BCUT2D eigenvalue weighted by Gasteiger charge is 2.45. The van der Waals surface area contributed by atoms with E-state index in [1.807, 2.05) is 33.8 Å². The number of nitrogens with zero attached hydrogens (tertiary/aromatic N) is 1. The molecular weight excluding hydrogens is 512 g/mol. The molecule has 8 nitrogen and oxygen atoms in total. The number of fused-ring (bicyclic) bond motifs is 2. The summed E-state index contributed by atoms with van der Waals surface area (Å²) >= 11 is 1.46. The first-order valence-corrected chi connectivity index (χ1v) is 15.2. The second kappa shape index (κ2) is 10.4. The number of carbonyl (C=O) groups is 2. The SMILES string of the molecule is CCS(=O)(=O)c1ccc(CNC(=O)c2cc3c(s2)C2(CCN(C(=O)OC(C)(C)C)CC2)OC(C)C3)cc1. The molecule has 37 heavy (non-hydrogen) atoms. The molecule has 3 heterocycles. The third-order valence-electron chi connectivity index (χ3n) is 6.72. The molecule has 2 aliphatic rings. The summed E-state index contributed by atoms with van der Waals surface area (Å²) in [7, 11) is -3.25. The summed E-state index contributed by atoms with van der Waals surface area (Å²) in [5, 5.41) is 2.95. The van der Waals surface area contributed by atoms with Crippen LogP contribution in [-0.4, -0.2) is 55.9 Å². The smallest absolute Gasteiger partial charge is 0.410 e. The van der Waals surface area contributed by atoms with Gasteiger partial charge in [-0.1, -0.05) is 19.1 Å². The van der Waals surface area contributed by atoms with E-state index >= 15 is 0 Å². The number of rotatable bonds is 5. The van der Waals surface area contributed by atoms with Crippen molar-refractivity contribution in [3.05, 3.63) is 51.2 Å². The van der Waals surface area contributed by atoms with Gasteiger partial charge in [-0.3, -0.25) is 4.79 Å². The Balaban J connectivity index is 1.44. The average molecular weight is 549 g/mol. The first-order valence-electron chi connectivity index (χ1n) is 12.7. The normalized spacial score (nSPS) is 19.4. The molecule has 2 amide bonds. The zero-order valence-corrected chi connectivity index (χ0v) is 23.8.